The maximum Gasteiger partial charge on any atom is 0.244 e. The largest absolute Gasteiger partial charge is 0.494 e. The van der Waals surface area contributed by atoms with E-state index in [1.807, 2.05) is 0 Å². The molecular formula is C17H20N4O3. The van der Waals surface area contributed by atoms with E-state index in [1.165, 1.54) is 0 Å². The number of likely N-dealkylation sites (tertiary alicyclic amines) is 1. The van der Waals surface area contributed by atoms with Crippen LogP contribution in [0.5, 0.6) is 5.75 Å². The van der Waals surface area contributed by atoms with Gasteiger partial charge in [0.1, 0.15) is 5.75 Å². The van der Waals surface area contributed by atoms with Crippen LogP contribution in [0, 0.1) is 18.3 Å². The van der Waals surface area contributed by atoms with Gasteiger partial charge in [-0.1, -0.05) is 5.16 Å². The van der Waals surface area contributed by atoms with Gasteiger partial charge in [0.15, 0.2) is 5.82 Å². The van der Waals surface area contributed by atoms with Crippen molar-refractivity contribution >= 4 is 0 Å². The summed E-state index contributed by atoms with van der Waals surface area (Å²) >= 11 is 0. The van der Waals surface area contributed by atoms with Gasteiger partial charge in [0.2, 0.25) is 5.89 Å². The molecule has 0 spiro atoms. The maximum atomic E-state index is 9.93. The van der Waals surface area contributed by atoms with E-state index in [0.29, 0.717) is 36.9 Å². The number of nitrogens with zero attached hydrogens (tertiary/aromatic N) is 4. The Morgan fingerprint density at radius 1 is 1.42 bits per heavy atom. The van der Waals surface area contributed by atoms with Crippen LogP contribution >= 0.6 is 0 Å². The van der Waals surface area contributed by atoms with Crippen LogP contribution in [-0.2, 0) is 0 Å². The number of hydrogen-bond acceptors (Lipinski definition) is 7. The quantitative estimate of drug-likeness (QED) is 0.808. The smallest absolute Gasteiger partial charge is 0.244 e. The Kier molecular flexibility index (Phi) is 5.08. The molecule has 0 saturated carbocycles. The number of aryl methyl sites for hydroxylation is 1. The minimum atomic E-state index is -0.373. The molecule has 0 amide bonds. The highest BCUT2D eigenvalue weighted by Gasteiger charge is 2.35. The summed E-state index contributed by atoms with van der Waals surface area (Å²) < 4.78 is 10.9. The van der Waals surface area contributed by atoms with Gasteiger partial charge in [-0.15, -0.1) is 0 Å². The lowest BCUT2D eigenvalue weighted by molar-refractivity contribution is 0.166. The van der Waals surface area contributed by atoms with Gasteiger partial charge >= 0.3 is 0 Å². The van der Waals surface area contributed by atoms with Crippen LogP contribution in [0.25, 0.3) is 0 Å². The minimum absolute atomic E-state index is 0.0314. The second-order valence-corrected chi connectivity index (χ2v) is 5.92. The topological polar surface area (TPSA) is 95.4 Å². The normalized spacial score (nSPS) is 20.9. The van der Waals surface area contributed by atoms with Crippen molar-refractivity contribution in [2.45, 2.75) is 31.9 Å². The standard InChI is InChI=1S/C17H20N4O3/c1-12-19-17(24-20-12)16-9-14(22)11-21(16)7-2-8-23-15-5-3-13(10-18)4-6-15/h3-6,14,16,22H,2,7-9,11H2,1H3/t14-,16+/m0/s1. The average molecular weight is 328 g/mol. The van der Waals surface area contributed by atoms with E-state index in [0.717, 1.165) is 18.7 Å². The Labute approximate surface area is 140 Å². The van der Waals surface area contributed by atoms with E-state index in [9.17, 15) is 5.11 Å². The SMILES string of the molecule is Cc1noc([C@H]2C[C@H](O)CN2CCCOc2ccc(C#N)cc2)n1. The molecule has 126 valence electrons. The van der Waals surface area contributed by atoms with Gasteiger partial charge in [0, 0.05) is 13.1 Å². The zero-order chi connectivity index (χ0) is 16.9. The summed E-state index contributed by atoms with van der Waals surface area (Å²) in [6.07, 6.45) is 1.05. The molecule has 0 bridgehead atoms. The van der Waals surface area contributed by atoms with Crippen LogP contribution in [-0.4, -0.2) is 45.9 Å². The van der Waals surface area contributed by atoms with Gasteiger partial charge < -0.3 is 14.4 Å². The first-order chi connectivity index (χ1) is 11.7. The monoisotopic (exact) mass is 328 g/mol. The second kappa shape index (κ2) is 7.43. The lowest BCUT2D eigenvalue weighted by Crippen LogP contribution is -2.27. The Bertz CT molecular complexity index is 707. The summed E-state index contributed by atoms with van der Waals surface area (Å²) in [7, 11) is 0. The molecule has 0 unspecified atom stereocenters. The number of hydrogen-bond donors (Lipinski definition) is 1. The summed E-state index contributed by atoms with van der Waals surface area (Å²) in [5.41, 5.74) is 0.617. The van der Waals surface area contributed by atoms with E-state index < -0.39 is 0 Å². The molecule has 1 aromatic heterocycles. The van der Waals surface area contributed by atoms with Crippen molar-refractivity contribution in [3.63, 3.8) is 0 Å². The Morgan fingerprint density at radius 2 is 2.21 bits per heavy atom. The Morgan fingerprint density at radius 3 is 2.88 bits per heavy atom. The lowest BCUT2D eigenvalue weighted by Gasteiger charge is -2.21. The van der Waals surface area contributed by atoms with Gasteiger partial charge in [0.25, 0.3) is 0 Å². The highest BCUT2D eigenvalue weighted by atomic mass is 16.5. The zero-order valence-electron chi connectivity index (χ0n) is 13.6. The third kappa shape index (κ3) is 3.91. The first-order valence-corrected chi connectivity index (χ1v) is 8.01. The molecule has 3 rings (SSSR count). The fraction of sp³-hybridized carbons (Fsp3) is 0.471. The fourth-order valence-corrected chi connectivity index (χ4v) is 2.92. The summed E-state index contributed by atoms with van der Waals surface area (Å²) in [6, 6.07) is 9.11. The van der Waals surface area contributed by atoms with Crippen molar-refractivity contribution in [2.75, 3.05) is 19.7 Å². The molecule has 2 atom stereocenters. The van der Waals surface area contributed by atoms with Crippen molar-refractivity contribution in [3.05, 3.63) is 41.5 Å². The third-order valence-electron chi connectivity index (χ3n) is 4.05. The van der Waals surface area contributed by atoms with Crippen LogP contribution < -0.4 is 4.74 Å². The van der Waals surface area contributed by atoms with Gasteiger partial charge in [0.05, 0.1) is 30.4 Å². The summed E-state index contributed by atoms with van der Waals surface area (Å²) in [4.78, 5) is 6.43. The zero-order valence-corrected chi connectivity index (χ0v) is 13.6. The summed E-state index contributed by atoms with van der Waals surface area (Å²) in [6.45, 7) is 3.73. The molecular weight excluding hydrogens is 308 g/mol. The van der Waals surface area contributed by atoms with Crippen LogP contribution in [0.4, 0.5) is 0 Å². The number of aliphatic hydroxyl groups excluding tert-OH is 1. The molecule has 24 heavy (non-hydrogen) atoms. The molecule has 1 aliphatic heterocycles. The predicted molar refractivity (Wildman–Crippen MR) is 85.2 cm³/mol. The van der Waals surface area contributed by atoms with Gasteiger partial charge in [-0.3, -0.25) is 4.90 Å². The van der Waals surface area contributed by atoms with Crippen LogP contribution in [0.2, 0.25) is 0 Å². The molecule has 1 saturated heterocycles. The van der Waals surface area contributed by atoms with E-state index in [2.05, 4.69) is 21.1 Å². The lowest BCUT2D eigenvalue weighted by atomic mass is 10.2. The van der Waals surface area contributed by atoms with Crippen molar-refractivity contribution in [1.29, 1.82) is 5.26 Å². The molecule has 7 heteroatoms. The van der Waals surface area contributed by atoms with Crippen molar-refractivity contribution in [2.24, 2.45) is 0 Å². The Balaban J connectivity index is 1.49. The van der Waals surface area contributed by atoms with Crippen LogP contribution in [0.15, 0.2) is 28.8 Å². The first kappa shape index (κ1) is 16.4. The maximum absolute atomic E-state index is 9.93. The van der Waals surface area contributed by atoms with Crippen LogP contribution in [0.1, 0.15) is 36.2 Å². The number of rotatable bonds is 6. The minimum Gasteiger partial charge on any atom is -0.494 e. The number of nitriles is 1. The van der Waals surface area contributed by atoms with Crippen molar-refractivity contribution in [1.82, 2.24) is 15.0 Å². The number of aliphatic hydroxyl groups is 1. The average Bonchev–Trinajstić information content (AvgIpc) is 3.17. The van der Waals surface area contributed by atoms with Crippen molar-refractivity contribution < 1.29 is 14.4 Å². The summed E-state index contributed by atoms with van der Waals surface area (Å²) in [5.74, 6) is 1.92. The third-order valence-corrected chi connectivity index (χ3v) is 4.05. The molecule has 1 aromatic carbocycles. The molecule has 7 nitrogen and oxygen atoms in total. The van der Waals surface area contributed by atoms with Crippen LogP contribution in [0.3, 0.4) is 0 Å². The molecule has 1 N–H and O–H groups in total. The molecule has 2 heterocycles. The van der Waals surface area contributed by atoms with E-state index in [1.54, 1.807) is 31.2 Å². The molecule has 0 radical (unpaired) electrons. The van der Waals surface area contributed by atoms with E-state index in [-0.39, 0.29) is 12.1 Å². The molecule has 1 aliphatic rings. The van der Waals surface area contributed by atoms with Gasteiger partial charge in [-0.2, -0.15) is 10.2 Å². The van der Waals surface area contributed by atoms with Gasteiger partial charge in [-0.05, 0) is 44.0 Å². The van der Waals surface area contributed by atoms with Crippen molar-refractivity contribution in [3.8, 4) is 11.8 Å². The number of benzene rings is 1. The molecule has 2 aromatic rings. The fourth-order valence-electron chi connectivity index (χ4n) is 2.92. The second-order valence-electron chi connectivity index (χ2n) is 5.92. The highest BCUT2D eigenvalue weighted by Crippen LogP contribution is 2.31. The van der Waals surface area contributed by atoms with E-state index in [4.69, 9.17) is 14.5 Å². The van der Waals surface area contributed by atoms with E-state index >= 15 is 0 Å². The number of β-amino-alcohol motifs (C(OH)–C–C–N with tert-alkyl or cyclic N) is 1. The molecule has 0 aliphatic carbocycles. The summed E-state index contributed by atoms with van der Waals surface area (Å²) in [5, 5.41) is 22.5. The number of ether oxygens (including phenoxy) is 1. The highest BCUT2D eigenvalue weighted by molar-refractivity contribution is 5.34. The first-order valence-electron chi connectivity index (χ1n) is 8.01. The predicted octanol–water partition coefficient (Wildman–Crippen LogP) is 1.83. The van der Waals surface area contributed by atoms with Gasteiger partial charge in [-0.25, -0.2) is 0 Å². The Hall–Kier alpha value is -2.43. The molecule has 1 fully saturated rings. The number of aromatic nitrogens is 2.